The van der Waals surface area contributed by atoms with Gasteiger partial charge in [0.25, 0.3) is 0 Å². The maximum absolute atomic E-state index is 11.5. The van der Waals surface area contributed by atoms with Crippen molar-refractivity contribution < 1.29 is 9.53 Å². The SMILES string of the molecule is CCCCC(Cl)OC(=O)c1cccnc1. The normalized spacial score (nSPS) is 12.1. The Morgan fingerprint density at radius 1 is 1.67 bits per heavy atom. The predicted octanol–water partition coefficient (Wildman–Crippen LogP) is 2.99. The number of unbranched alkanes of at least 4 members (excludes halogenated alkanes) is 1. The molecule has 1 heterocycles. The van der Waals surface area contributed by atoms with E-state index in [9.17, 15) is 4.79 Å². The molecular weight excluding hydrogens is 214 g/mol. The number of halogens is 1. The molecule has 0 radical (unpaired) electrons. The van der Waals surface area contributed by atoms with Gasteiger partial charge in [0.1, 0.15) is 0 Å². The highest BCUT2D eigenvalue weighted by Crippen LogP contribution is 2.11. The molecule has 0 aliphatic rings. The number of aromatic nitrogens is 1. The molecule has 1 rings (SSSR count). The molecule has 82 valence electrons. The number of hydrogen-bond donors (Lipinski definition) is 0. The Hall–Kier alpha value is -1.09. The Labute approximate surface area is 94.4 Å². The summed E-state index contributed by atoms with van der Waals surface area (Å²) in [6.07, 6.45) is 5.74. The van der Waals surface area contributed by atoms with Crippen LogP contribution in [0.15, 0.2) is 24.5 Å². The van der Waals surface area contributed by atoms with Crippen LogP contribution in [0.5, 0.6) is 0 Å². The summed E-state index contributed by atoms with van der Waals surface area (Å²) >= 11 is 5.84. The summed E-state index contributed by atoms with van der Waals surface area (Å²) in [5.41, 5.74) is -0.114. The van der Waals surface area contributed by atoms with Crippen LogP contribution in [0.25, 0.3) is 0 Å². The number of alkyl halides is 1. The Morgan fingerprint density at radius 3 is 3.07 bits per heavy atom. The van der Waals surface area contributed by atoms with Crippen LogP contribution in [0.3, 0.4) is 0 Å². The zero-order valence-corrected chi connectivity index (χ0v) is 9.41. The zero-order chi connectivity index (χ0) is 11.1. The minimum Gasteiger partial charge on any atom is -0.442 e. The molecule has 1 unspecified atom stereocenters. The highest BCUT2D eigenvalue weighted by atomic mass is 35.5. The van der Waals surface area contributed by atoms with Gasteiger partial charge in [-0.1, -0.05) is 24.9 Å². The van der Waals surface area contributed by atoms with Gasteiger partial charge >= 0.3 is 5.97 Å². The number of ether oxygens (including phenoxy) is 1. The summed E-state index contributed by atoms with van der Waals surface area (Å²) in [6.45, 7) is 2.06. The molecule has 0 fully saturated rings. The second-order valence-electron chi connectivity index (χ2n) is 3.20. The lowest BCUT2D eigenvalue weighted by Gasteiger charge is -2.10. The topological polar surface area (TPSA) is 39.2 Å². The fraction of sp³-hybridized carbons (Fsp3) is 0.455. The van der Waals surface area contributed by atoms with Gasteiger partial charge in [0.05, 0.1) is 5.56 Å². The smallest absolute Gasteiger partial charge is 0.341 e. The molecule has 0 amide bonds. The van der Waals surface area contributed by atoms with E-state index in [1.807, 2.05) is 0 Å². The largest absolute Gasteiger partial charge is 0.442 e. The second-order valence-corrected chi connectivity index (χ2v) is 3.69. The van der Waals surface area contributed by atoms with Crippen molar-refractivity contribution in [3.05, 3.63) is 30.1 Å². The molecule has 15 heavy (non-hydrogen) atoms. The van der Waals surface area contributed by atoms with E-state index in [0.29, 0.717) is 12.0 Å². The van der Waals surface area contributed by atoms with Crippen LogP contribution in [0.2, 0.25) is 0 Å². The van der Waals surface area contributed by atoms with Crippen LogP contribution in [0.4, 0.5) is 0 Å². The van der Waals surface area contributed by atoms with E-state index in [2.05, 4.69) is 11.9 Å². The molecule has 0 bridgehead atoms. The molecule has 0 aliphatic carbocycles. The predicted molar refractivity (Wildman–Crippen MR) is 58.8 cm³/mol. The molecule has 0 saturated heterocycles. The number of esters is 1. The molecule has 0 saturated carbocycles. The molecule has 0 spiro atoms. The van der Waals surface area contributed by atoms with E-state index >= 15 is 0 Å². The summed E-state index contributed by atoms with van der Waals surface area (Å²) in [7, 11) is 0. The minimum absolute atomic E-state index is 0.417. The zero-order valence-electron chi connectivity index (χ0n) is 8.65. The highest BCUT2D eigenvalue weighted by molar-refractivity contribution is 6.20. The Kier molecular flexibility index (Phi) is 5.12. The van der Waals surface area contributed by atoms with Crippen molar-refractivity contribution in [1.82, 2.24) is 4.98 Å². The highest BCUT2D eigenvalue weighted by Gasteiger charge is 2.12. The third kappa shape index (κ3) is 4.30. The van der Waals surface area contributed by atoms with Gasteiger partial charge in [0, 0.05) is 12.4 Å². The van der Waals surface area contributed by atoms with Gasteiger partial charge in [-0.3, -0.25) is 4.98 Å². The molecule has 4 heteroatoms. The van der Waals surface area contributed by atoms with Crippen molar-refractivity contribution in [2.75, 3.05) is 0 Å². The average Bonchev–Trinajstić information content (AvgIpc) is 2.27. The van der Waals surface area contributed by atoms with Gasteiger partial charge in [0.15, 0.2) is 5.56 Å². The van der Waals surface area contributed by atoms with Crippen LogP contribution in [0, 0.1) is 0 Å². The molecule has 1 aromatic rings. The average molecular weight is 228 g/mol. The summed E-state index contributed by atoms with van der Waals surface area (Å²) < 4.78 is 5.02. The molecule has 0 aliphatic heterocycles. The first kappa shape index (κ1) is 12.0. The third-order valence-corrected chi connectivity index (χ3v) is 2.22. The van der Waals surface area contributed by atoms with Crippen LogP contribution in [-0.2, 0) is 4.74 Å². The van der Waals surface area contributed by atoms with Gasteiger partial charge in [-0.2, -0.15) is 0 Å². The minimum atomic E-state index is -0.544. The van der Waals surface area contributed by atoms with Crippen molar-refractivity contribution in [1.29, 1.82) is 0 Å². The van der Waals surface area contributed by atoms with E-state index in [0.717, 1.165) is 12.8 Å². The van der Waals surface area contributed by atoms with Gasteiger partial charge in [-0.05, 0) is 25.0 Å². The van der Waals surface area contributed by atoms with Gasteiger partial charge in [0.2, 0.25) is 0 Å². The number of carbonyl (C=O) groups is 1. The maximum Gasteiger partial charge on any atom is 0.341 e. The molecular formula is C11H14ClNO2. The summed E-state index contributed by atoms with van der Waals surface area (Å²) in [5, 5.41) is 0. The van der Waals surface area contributed by atoms with E-state index in [-0.39, 0.29) is 0 Å². The fourth-order valence-electron chi connectivity index (χ4n) is 1.09. The Balaban J connectivity index is 2.42. The second kappa shape index (κ2) is 6.40. The first-order chi connectivity index (χ1) is 7.24. The van der Waals surface area contributed by atoms with Crippen molar-refractivity contribution in [2.45, 2.75) is 31.7 Å². The van der Waals surface area contributed by atoms with Crippen LogP contribution in [0.1, 0.15) is 36.5 Å². The lowest BCUT2D eigenvalue weighted by atomic mass is 10.2. The van der Waals surface area contributed by atoms with E-state index in [1.165, 1.54) is 6.20 Å². The van der Waals surface area contributed by atoms with Crippen LogP contribution in [-0.4, -0.2) is 16.5 Å². The maximum atomic E-state index is 11.5. The lowest BCUT2D eigenvalue weighted by molar-refractivity contribution is 0.0433. The standard InChI is InChI=1S/C11H14ClNO2/c1-2-3-6-10(12)15-11(14)9-5-4-7-13-8-9/h4-5,7-8,10H,2-3,6H2,1H3. The van der Waals surface area contributed by atoms with Crippen molar-refractivity contribution >= 4 is 17.6 Å². The van der Waals surface area contributed by atoms with Crippen LogP contribution < -0.4 is 0 Å². The van der Waals surface area contributed by atoms with Crippen LogP contribution >= 0.6 is 11.6 Å². The molecule has 0 N–H and O–H groups in total. The molecule has 1 aromatic heterocycles. The number of hydrogen-bond acceptors (Lipinski definition) is 3. The third-order valence-electron chi connectivity index (χ3n) is 1.92. The van der Waals surface area contributed by atoms with E-state index < -0.39 is 11.5 Å². The number of pyridine rings is 1. The lowest BCUT2D eigenvalue weighted by Crippen LogP contribution is -2.12. The number of carbonyl (C=O) groups excluding carboxylic acids is 1. The van der Waals surface area contributed by atoms with Crippen molar-refractivity contribution in [2.24, 2.45) is 0 Å². The molecule has 0 aromatic carbocycles. The monoisotopic (exact) mass is 227 g/mol. The quantitative estimate of drug-likeness (QED) is 0.574. The van der Waals surface area contributed by atoms with E-state index in [1.54, 1.807) is 18.3 Å². The van der Waals surface area contributed by atoms with Crippen molar-refractivity contribution in [3.63, 3.8) is 0 Å². The van der Waals surface area contributed by atoms with E-state index in [4.69, 9.17) is 16.3 Å². The first-order valence-corrected chi connectivity index (χ1v) is 5.42. The summed E-state index contributed by atoms with van der Waals surface area (Å²) in [5.74, 6) is -0.417. The van der Waals surface area contributed by atoms with Gasteiger partial charge < -0.3 is 4.74 Å². The van der Waals surface area contributed by atoms with Crippen molar-refractivity contribution in [3.8, 4) is 0 Å². The first-order valence-electron chi connectivity index (χ1n) is 4.99. The number of nitrogens with zero attached hydrogens (tertiary/aromatic N) is 1. The van der Waals surface area contributed by atoms with Gasteiger partial charge in [-0.25, -0.2) is 4.79 Å². The summed E-state index contributed by atoms with van der Waals surface area (Å²) in [6, 6.07) is 3.34. The summed E-state index contributed by atoms with van der Waals surface area (Å²) in [4.78, 5) is 15.3. The molecule has 1 atom stereocenters. The molecule has 3 nitrogen and oxygen atoms in total. The Bertz CT molecular complexity index is 303. The Morgan fingerprint density at radius 2 is 2.47 bits per heavy atom. The fourth-order valence-corrected chi connectivity index (χ4v) is 1.33. The van der Waals surface area contributed by atoms with Gasteiger partial charge in [-0.15, -0.1) is 0 Å². The number of rotatable bonds is 5.